The van der Waals surface area contributed by atoms with Gasteiger partial charge in [-0.15, -0.1) is 0 Å². The fourth-order valence-electron chi connectivity index (χ4n) is 2.37. The first-order chi connectivity index (χ1) is 9.05. The molecule has 106 valence electrons. The number of anilines is 1. The molecule has 1 aliphatic rings. The molecule has 0 bridgehead atoms. The lowest BCUT2D eigenvalue weighted by Crippen LogP contribution is -2.30. The van der Waals surface area contributed by atoms with Crippen molar-refractivity contribution in [2.45, 2.75) is 25.4 Å². The first kappa shape index (κ1) is 14.2. The van der Waals surface area contributed by atoms with Crippen LogP contribution in [0.3, 0.4) is 0 Å². The van der Waals surface area contributed by atoms with Crippen LogP contribution in [0.5, 0.6) is 0 Å². The molecule has 1 aromatic carbocycles. The third-order valence-corrected chi connectivity index (χ3v) is 3.49. The van der Waals surface area contributed by atoms with Gasteiger partial charge in [0.15, 0.2) is 0 Å². The van der Waals surface area contributed by atoms with Crippen molar-refractivity contribution in [3.63, 3.8) is 0 Å². The Balaban J connectivity index is 1.76. The minimum absolute atomic E-state index is 0.602. The zero-order valence-electron chi connectivity index (χ0n) is 10.8. The summed E-state index contributed by atoms with van der Waals surface area (Å²) in [4.78, 5) is 0. The predicted octanol–water partition coefficient (Wildman–Crippen LogP) is 3.51. The molecule has 1 atom stereocenters. The molecule has 2 nitrogen and oxygen atoms in total. The van der Waals surface area contributed by atoms with Crippen LogP contribution in [-0.4, -0.2) is 19.6 Å². The monoisotopic (exact) mass is 272 g/mol. The van der Waals surface area contributed by atoms with Crippen molar-refractivity contribution in [3.8, 4) is 0 Å². The highest BCUT2D eigenvalue weighted by Crippen LogP contribution is 2.29. The quantitative estimate of drug-likeness (QED) is 0.876. The highest BCUT2D eigenvalue weighted by molar-refractivity contribution is 5.45. The van der Waals surface area contributed by atoms with E-state index < -0.39 is 11.7 Å². The molecule has 0 amide bonds. The van der Waals surface area contributed by atoms with Gasteiger partial charge in [-0.25, -0.2) is 0 Å². The molecule has 1 saturated heterocycles. The standard InChI is InChI=1S/C14H19F3N2/c15-14(16,17)12-3-5-13(6-4-12)19-9-7-11-2-1-8-18-10-11/h3-6,11,18-19H,1-2,7-10H2. The molecule has 1 unspecified atom stereocenters. The van der Waals surface area contributed by atoms with E-state index in [1.54, 1.807) is 0 Å². The fraction of sp³-hybridized carbons (Fsp3) is 0.571. The van der Waals surface area contributed by atoms with Crippen LogP contribution in [-0.2, 0) is 6.18 Å². The Morgan fingerprint density at radius 1 is 1.21 bits per heavy atom. The van der Waals surface area contributed by atoms with Crippen LogP contribution in [0.15, 0.2) is 24.3 Å². The second-order valence-electron chi connectivity index (χ2n) is 5.00. The molecule has 1 heterocycles. The van der Waals surface area contributed by atoms with E-state index in [9.17, 15) is 13.2 Å². The van der Waals surface area contributed by atoms with Crippen molar-refractivity contribution in [2.75, 3.05) is 25.0 Å². The van der Waals surface area contributed by atoms with Gasteiger partial charge in [-0.05, 0) is 62.5 Å². The van der Waals surface area contributed by atoms with Gasteiger partial charge in [-0.3, -0.25) is 0 Å². The first-order valence-electron chi connectivity index (χ1n) is 6.67. The maximum absolute atomic E-state index is 12.4. The Hall–Kier alpha value is -1.23. The van der Waals surface area contributed by atoms with Gasteiger partial charge in [0.05, 0.1) is 5.56 Å². The molecule has 1 fully saturated rings. The maximum atomic E-state index is 12.4. The normalized spacial score (nSPS) is 20.3. The minimum Gasteiger partial charge on any atom is -0.385 e. The third kappa shape index (κ3) is 4.42. The molecule has 5 heteroatoms. The van der Waals surface area contributed by atoms with Crippen LogP contribution in [0.1, 0.15) is 24.8 Å². The van der Waals surface area contributed by atoms with Crippen molar-refractivity contribution in [2.24, 2.45) is 5.92 Å². The number of hydrogen-bond acceptors (Lipinski definition) is 2. The van der Waals surface area contributed by atoms with Crippen LogP contribution in [0.4, 0.5) is 18.9 Å². The van der Waals surface area contributed by atoms with E-state index in [4.69, 9.17) is 0 Å². The highest BCUT2D eigenvalue weighted by atomic mass is 19.4. The average Bonchev–Trinajstić information content (AvgIpc) is 2.39. The van der Waals surface area contributed by atoms with Gasteiger partial charge < -0.3 is 10.6 Å². The van der Waals surface area contributed by atoms with Crippen LogP contribution in [0, 0.1) is 5.92 Å². The summed E-state index contributed by atoms with van der Waals surface area (Å²) in [6.07, 6.45) is -0.757. The first-order valence-corrected chi connectivity index (χ1v) is 6.67. The number of alkyl halides is 3. The molecule has 0 saturated carbocycles. The van der Waals surface area contributed by atoms with E-state index in [1.807, 2.05) is 0 Å². The Morgan fingerprint density at radius 2 is 1.95 bits per heavy atom. The molecule has 0 aromatic heterocycles. The van der Waals surface area contributed by atoms with Crippen molar-refractivity contribution < 1.29 is 13.2 Å². The Bertz CT molecular complexity index is 381. The van der Waals surface area contributed by atoms with Crippen LogP contribution >= 0.6 is 0 Å². The van der Waals surface area contributed by atoms with Gasteiger partial charge in [0.25, 0.3) is 0 Å². The van der Waals surface area contributed by atoms with Crippen molar-refractivity contribution in [1.82, 2.24) is 5.32 Å². The summed E-state index contributed by atoms with van der Waals surface area (Å²) < 4.78 is 37.2. The smallest absolute Gasteiger partial charge is 0.385 e. The van der Waals surface area contributed by atoms with Crippen molar-refractivity contribution in [1.29, 1.82) is 0 Å². The molecular formula is C14H19F3N2. The third-order valence-electron chi connectivity index (χ3n) is 3.49. The van der Waals surface area contributed by atoms with Crippen LogP contribution < -0.4 is 10.6 Å². The lowest BCUT2D eigenvalue weighted by atomic mass is 9.96. The van der Waals surface area contributed by atoms with E-state index in [1.165, 1.54) is 25.0 Å². The molecule has 0 aliphatic carbocycles. The summed E-state index contributed by atoms with van der Waals surface area (Å²) >= 11 is 0. The number of halogens is 3. The molecule has 0 radical (unpaired) electrons. The molecule has 2 rings (SSSR count). The zero-order chi connectivity index (χ0) is 13.7. The number of nitrogens with one attached hydrogen (secondary N) is 2. The van der Waals surface area contributed by atoms with Gasteiger partial charge >= 0.3 is 6.18 Å². The zero-order valence-corrected chi connectivity index (χ0v) is 10.8. The van der Waals surface area contributed by atoms with Gasteiger partial charge in [-0.2, -0.15) is 13.2 Å². The predicted molar refractivity (Wildman–Crippen MR) is 70.1 cm³/mol. The number of piperidine rings is 1. The highest BCUT2D eigenvalue weighted by Gasteiger charge is 2.29. The van der Waals surface area contributed by atoms with E-state index in [0.29, 0.717) is 5.92 Å². The van der Waals surface area contributed by atoms with E-state index in [-0.39, 0.29) is 0 Å². The summed E-state index contributed by atoms with van der Waals surface area (Å²) in [5, 5.41) is 6.53. The lowest BCUT2D eigenvalue weighted by molar-refractivity contribution is -0.137. The van der Waals surface area contributed by atoms with E-state index in [2.05, 4.69) is 10.6 Å². The van der Waals surface area contributed by atoms with E-state index in [0.717, 1.165) is 43.9 Å². The molecule has 0 spiro atoms. The lowest BCUT2D eigenvalue weighted by Gasteiger charge is -2.22. The summed E-state index contributed by atoms with van der Waals surface area (Å²) in [5.74, 6) is 0.677. The molecule has 1 aromatic rings. The van der Waals surface area contributed by atoms with Crippen molar-refractivity contribution in [3.05, 3.63) is 29.8 Å². The Morgan fingerprint density at radius 3 is 2.53 bits per heavy atom. The topological polar surface area (TPSA) is 24.1 Å². The fourth-order valence-corrected chi connectivity index (χ4v) is 2.37. The number of hydrogen-bond donors (Lipinski definition) is 2. The average molecular weight is 272 g/mol. The van der Waals surface area contributed by atoms with Gasteiger partial charge in [-0.1, -0.05) is 0 Å². The van der Waals surface area contributed by atoms with Gasteiger partial charge in [0, 0.05) is 12.2 Å². The Labute approximate surface area is 111 Å². The molecular weight excluding hydrogens is 253 g/mol. The van der Waals surface area contributed by atoms with Crippen molar-refractivity contribution >= 4 is 5.69 Å². The maximum Gasteiger partial charge on any atom is 0.416 e. The van der Waals surface area contributed by atoms with Crippen LogP contribution in [0.25, 0.3) is 0 Å². The van der Waals surface area contributed by atoms with Gasteiger partial charge in [0.1, 0.15) is 0 Å². The second kappa shape index (κ2) is 6.28. The second-order valence-corrected chi connectivity index (χ2v) is 5.00. The molecule has 1 aliphatic heterocycles. The number of rotatable bonds is 4. The summed E-state index contributed by atoms with van der Waals surface area (Å²) in [5.41, 5.74) is 0.145. The SMILES string of the molecule is FC(F)(F)c1ccc(NCCC2CCCNC2)cc1. The van der Waals surface area contributed by atoms with E-state index >= 15 is 0 Å². The summed E-state index contributed by atoms with van der Waals surface area (Å²) in [6.45, 7) is 2.95. The molecule has 2 N–H and O–H groups in total. The minimum atomic E-state index is -4.26. The van der Waals surface area contributed by atoms with Gasteiger partial charge in [0.2, 0.25) is 0 Å². The Kier molecular flexibility index (Phi) is 4.69. The summed E-state index contributed by atoms with van der Waals surface area (Å²) in [6, 6.07) is 5.21. The number of benzene rings is 1. The molecule has 19 heavy (non-hydrogen) atoms. The van der Waals surface area contributed by atoms with Crippen LogP contribution in [0.2, 0.25) is 0 Å². The largest absolute Gasteiger partial charge is 0.416 e. The summed E-state index contributed by atoms with van der Waals surface area (Å²) in [7, 11) is 0.